The predicted octanol–water partition coefficient (Wildman–Crippen LogP) is 2.10. The zero-order valence-corrected chi connectivity index (χ0v) is 8.51. The Labute approximate surface area is 92.3 Å². The molecule has 0 fully saturated rings. The number of nitrogens with two attached hydrogens (primary N) is 1. The van der Waals surface area contributed by atoms with Gasteiger partial charge < -0.3 is 15.3 Å². The van der Waals surface area contributed by atoms with Gasteiger partial charge in [-0.25, -0.2) is 4.79 Å². The van der Waals surface area contributed by atoms with Crippen molar-refractivity contribution in [3.05, 3.63) is 47.9 Å². The van der Waals surface area contributed by atoms with Gasteiger partial charge in [0.05, 0.1) is 6.26 Å². The molecule has 1 aromatic heterocycles. The van der Waals surface area contributed by atoms with Crippen molar-refractivity contribution in [1.82, 2.24) is 0 Å². The van der Waals surface area contributed by atoms with E-state index in [4.69, 9.17) is 15.3 Å². The maximum atomic E-state index is 10.9. The number of rotatable bonds is 3. The Kier molecular flexibility index (Phi) is 2.74. The minimum Gasteiger partial charge on any atom is -0.475 e. The van der Waals surface area contributed by atoms with Crippen molar-refractivity contribution < 1.29 is 14.3 Å². The topological polar surface area (TPSA) is 76.5 Å². The number of aromatic carboxylic acids is 1. The Morgan fingerprint density at radius 3 is 2.50 bits per heavy atom. The number of carboxylic acids is 1. The first-order chi connectivity index (χ1) is 7.72. The molecule has 4 heteroatoms. The van der Waals surface area contributed by atoms with Crippen molar-refractivity contribution in [1.29, 1.82) is 0 Å². The number of carboxylic acid groups (broad SMARTS) is 1. The summed E-state index contributed by atoms with van der Waals surface area (Å²) in [5.41, 5.74) is 7.88. The number of carbonyl (C=O) groups is 1. The van der Waals surface area contributed by atoms with Crippen LogP contribution in [-0.2, 0) is 6.54 Å². The van der Waals surface area contributed by atoms with E-state index in [2.05, 4.69) is 0 Å². The van der Waals surface area contributed by atoms with Crippen molar-refractivity contribution in [2.75, 3.05) is 0 Å². The van der Waals surface area contributed by atoms with Crippen molar-refractivity contribution in [3.8, 4) is 11.1 Å². The van der Waals surface area contributed by atoms with Crippen LogP contribution in [0.4, 0.5) is 0 Å². The lowest BCUT2D eigenvalue weighted by atomic mass is 10.0. The van der Waals surface area contributed by atoms with Gasteiger partial charge in [0.15, 0.2) is 0 Å². The van der Waals surface area contributed by atoms with Gasteiger partial charge in [0.25, 0.3) is 0 Å². The third kappa shape index (κ3) is 1.83. The minimum absolute atomic E-state index is 0.0412. The van der Waals surface area contributed by atoms with Gasteiger partial charge in [0, 0.05) is 12.1 Å². The van der Waals surface area contributed by atoms with E-state index in [0.717, 1.165) is 11.1 Å². The van der Waals surface area contributed by atoms with E-state index < -0.39 is 5.97 Å². The molecule has 2 rings (SSSR count). The summed E-state index contributed by atoms with van der Waals surface area (Å²) in [4.78, 5) is 10.9. The molecule has 0 atom stereocenters. The number of hydrogen-bond acceptors (Lipinski definition) is 3. The molecule has 0 unspecified atom stereocenters. The SMILES string of the molecule is NCc1ccc(-c2ccoc2C(=O)O)cc1. The second kappa shape index (κ2) is 4.20. The first-order valence-electron chi connectivity index (χ1n) is 4.82. The first kappa shape index (κ1) is 10.4. The molecule has 0 spiro atoms. The molecule has 0 amide bonds. The van der Waals surface area contributed by atoms with Crippen LogP contribution < -0.4 is 5.73 Å². The highest BCUT2D eigenvalue weighted by atomic mass is 16.4. The van der Waals surface area contributed by atoms with Crippen molar-refractivity contribution in [3.63, 3.8) is 0 Å². The van der Waals surface area contributed by atoms with E-state index in [-0.39, 0.29) is 5.76 Å². The molecule has 4 nitrogen and oxygen atoms in total. The van der Waals surface area contributed by atoms with Gasteiger partial charge in [-0.2, -0.15) is 0 Å². The van der Waals surface area contributed by atoms with Gasteiger partial charge in [0.1, 0.15) is 0 Å². The molecule has 1 aromatic carbocycles. The quantitative estimate of drug-likeness (QED) is 0.825. The van der Waals surface area contributed by atoms with E-state index in [1.54, 1.807) is 6.07 Å². The van der Waals surface area contributed by atoms with Crippen LogP contribution in [0.25, 0.3) is 11.1 Å². The fourth-order valence-corrected chi connectivity index (χ4v) is 1.52. The standard InChI is InChI=1S/C12H11NO3/c13-7-8-1-3-9(4-2-8)10-5-6-16-11(10)12(14)15/h1-6H,7,13H2,(H,14,15). The average molecular weight is 217 g/mol. The van der Waals surface area contributed by atoms with Crippen LogP contribution in [0.15, 0.2) is 41.0 Å². The van der Waals surface area contributed by atoms with Crippen molar-refractivity contribution in [2.24, 2.45) is 5.73 Å². The second-order valence-corrected chi connectivity index (χ2v) is 3.37. The predicted molar refractivity (Wildman–Crippen MR) is 59.0 cm³/mol. The van der Waals surface area contributed by atoms with Gasteiger partial charge in [-0.1, -0.05) is 24.3 Å². The Morgan fingerprint density at radius 1 is 1.25 bits per heavy atom. The summed E-state index contributed by atoms with van der Waals surface area (Å²) >= 11 is 0. The first-order valence-corrected chi connectivity index (χ1v) is 4.82. The van der Waals surface area contributed by atoms with E-state index >= 15 is 0 Å². The molecular weight excluding hydrogens is 206 g/mol. The zero-order valence-electron chi connectivity index (χ0n) is 8.51. The van der Waals surface area contributed by atoms with Crippen LogP contribution in [0.2, 0.25) is 0 Å². The molecule has 0 saturated heterocycles. The van der Waals surface area contributed by atoms with Crippen LogP contribution in [0, 0.1) is 0 Å². The van der Waals surface area contributed by atoms with E-state index in [0.29, 0.717) is 12.1 Å². The molecule has 0 saturated carbocycles. The van der Waals surface area contributed by atoms with Gasteiger partial charge in [-0.05, 0) is 17.2 Å². The van der Waals surface area contributed by atoms with E-state index in [9.17, 15) is 4.79 Å². The maximum absolute atomic E-state index is 10.9. The van der Waals surface area contributed by atoms with Crippen LogP contribution in [0.1, 0.15) is 16.1 Å². The summed E-state index contributed by atoms with van der Waals surface area (Å²) in [5, 5.41) is 8.90. The van der Waals surface area contributed by atoms with Crippen LogP contribution in [-0.4, -0.2) is 11.1 Å². The average Bonchev–Trinajstić information content (AvgIpc) is 2.78. The second-order valence-electron chi connectivity index (χ2n) is 3.37. The molecule has 0 aliphatic carbocycles. The highest BCUT2D eigenvalue weighted by molar-refractivity contribution is 5.93. The highest BCUT2D eigenvalue weighted by Crippen LogP contribution is 2.25. The van der Waals surface area contributed by atoms with Crippen LogP contribution in [0.5, 0.6) is 0 Å². The van der Waals surface area contributed by atoms with Gasteiger partial charge in [-0.15, -0.1) is 0 Å². The molecule has 16 heavy (non-hydrogen) atoms. The molecule has 0 radical (unpaired) electrons. The lowest BCUT2D eigenvalue weighted by molar-refractivity contribution is 0.0663. The van der Waals surface area contributed by atoms with Crippen molar-refractivity contribution >= 4 is 5.97 Å². The largest absolute Gasteiger partial charge is 0.475 e. The molecule has 82 valence electrons. The summed E-state index contributed by atoms with van der Waals surface area (Å²) in [7, 11) is 0. The molecule has 2 aromatic rings. The van der Waals surface area contributed by atoms with Gasteiger partial charge >= 0.3 is 5.97 Å². The Hall–Kier alpha value is -2.07. The molecular formula is C12H11NO3. The van der Waals surface area contributed by atoms with Crippen LogP contribution in [0.3, 0.4) is 0 Å². The summed E-state index contributed by atoms with van der Waals surface area (Å²) in [6, 6.07) is 9.04. The number of hydrogen-bond donors (Lipinski definition) is 2. The monoisotopic (exact) mass is 217 g/mol. The third-order valence-electron chi connectivity index (χ3n) is 2.36. The minimum atomic E-state index is -1.07. The Morgan fingerprint density at radius 2 is 1.94 bits per heavy atom. The fraction of sp³-hybridized carbons (Fsp3) is 0.0833. The summed E-state index contributed by atoms with van der Waals surface area (Å²) < 4.78 is 4.91. The summed E-state index contributed by atoms with van der Waals surface area (Å²) in [6.45, 7) is 0.470. The lowest BCUT2D eigenvalue weighted by Gasteiger charge is -2.01. The molecule has 0 aliphatic rings. The van der Waals surface area contributed by atoms with E-state index in [1.807, 2.05) is 24.3 Å². The molecule has 0 bridgehead atoms. The Balaban J connectivity index is 2.42. The zero-order chi connectivity index (χ0) is 11.5. The normalized spacial score (nSPS) is 10.3. The van der Waals surface area contributed by atoms with Gasteiger partial charge in [0.2, 0.25) is 5.76 Å². The van der Waals surface area contributed by atoms with Crippen LogP contribution >= 0.6 is 0 Å². The molecule has 0 aliphatic heterocycles. The summed E-state index contributed by atoms with van der Waals surface area (Å²) in [5.74, 6) is -1.11. The highest BCUT2D eigenvalue weighted by Gasteiger charge is 2.14. The smallest absolute Gasteiger partial charge is 0.372 e. The van der Waals surface area contributed by atoms with E-state index in [1.165, 1.54) is 6.26 Å². The molecule has 1 heterocycles. The Bertz CT molecular complexity index is 499. The van der Waals surface area contributed by atoms with Crippen molar-refractivity contribution in [2.45, 2.75) is 6.54 Å². The maximum Gasteiger partial charge on any atom is 0.372 e. The number of furan rings is 1. The lowest BCUT2D eigenvalue weighted by Crippen LogP contribution is -1.97. The third-order valence-corrected chi connectivity index (χ3v) is 2.36. The fourth-order valence-electron chi connectivity index (χ4n) is 1.52. The number of benzene rings is 1. The summed E-state index contributed by atoms with van der Waals surface area (Å²) in [6.07, 6.45) is 1.37. The van der Waals surface area contributed by atoms with Gasteiger partial charge in [-0.3, -0.25) is 0 Å². The molecule has 3 N–H and O–H groups in total.